The van der Waals surface area contributed by atoms with Crippen molar-refractivity contribution in [1.29, 1.82) is 0 Å². The molecule has 0 spiro atoms. The van der Waals surface area contributed by atoms with Crippen LogP contribution in [0.2, 0.25) is 0 Å². The predicted molar refractivity (Wildman–Crippen MR) is 109 cm³/mol. The Kier molecular flexibility index (Phi) is 6.76. The summed E-state index contributed by atoms with van der Waals surface area (Å²) in [6.45, 7) is 6.05. The molecule has 1 amide bonds. The molecule has 0 bridgehead atoms. The first-order valence-electron chi connectivity index (χ1n) is 9.65. The third-order valence-electron chi connectivity index (χ3n) is 4.96. The average Bonchev–Trinajstić information content (AvgIpc) is 2.70. The van der Waals surface area contributed by atoms with Crippen LogP contribution in [0.25, 0.3) is 0 Å². The van der Waals surface area contributed by atoms with Gasteiger partial charge in [-0.15, -0.1) is 0 Å². The summed E-state index contributed by atoms with van der Waals surface area (Å²) in [5.74, 6) is -0.905. The molecule has 1 heterocycles. The van der Waals surface area contributed by atoms with Crippen molar-refractivity contribution in [3.63, 3.8) is 0 Å². The molecule has 1 saturated heterocycles. The van der Waals surface area contributed by atoms with Crippen LogP contribution >= 0.6 is 0 Å². The lowest BCUT2D eigenvalue weighted by molar-refractivity contribution is -0.114. The second-order valence-electron chi connectivity index (χ2n) is 7.06. The molecular formula is C22H26FN3O2. The van der Waals surface area contributed by atoms with E-state index < -0.39 is 5.82 Å². The van der Waals surface area contributed by atoms with Gasteiger partial charge in [-0.25, -0.2) is 4.39 Å². The highest BCUT2D eigenvalue weighted by Gasteiger charge is 2.18. The third kappa shape index (κ3) is 5.39. The summed E-state index contributed by atoms with van der Waals surface area (Å²) in [5, 5.41) is 2.60. The van der Waals surface area contributed by atoms with Crippen LogP contribution in [0.15, 0.2) is 48.5 Å². The van der Waals surface area contributed by atoms with Crippen molar-refractivity contribution >= 4 is 23.1 Å². The van der Waals surface area contributed by atoms with Gasteiger partial charge in [-0.3, -0.25) is 14.5 Å². The van der Waals surface area contributed by atoms with E-state index >= 15 is 0 Å². The number of para-hydroxylation sites is 1. The molecule has 1 aliphatic heterocycles. The Labute approximate surface area is 165 Å². The number of carbonyl (C=O) groups is 2. The molecule has 0 saturated carbocycles. The molecule has 0 atom stereocenters. The molecule has 1 aliphatic rings. The van der Waals surface area contributed by atoms with Crippen LogP contribution < -0.4 is 10.2 Å². The number of nitrogens with one attached hydrogen (secondary N) is 1. The van der Waals surface area contributed by atoms with Crippen molar-refractivity contribution in [1.82, 2.24) is 4.90 Å². The maximum atomic E-state index is 13.6. The highest BCUT2D eigenvalue weighted by Crippen LogP contribution is 2.20. The van der Waals surface area contributed by atoms with Gasteiger partial charge in [0, 0.05) is 50.8 Å². The van der Waals surface area contributed by atoms with Crippen LogP contribution in [0.1, 0.15) is 30.1 Å². The van der Waals surface area contributed by atoms with Gasteiger partial charge in [0.05, 0.1) is 5.69 Å². The van der Waals surface area contributed by atoms with Crippen LogP contribution in [0.5, 0.6) is 0 Å². The first-order chi connectivity index (χ1) is 13.5. The third-order valence-corrected chi connectivity index (χ3v) is 4.96. The molecule has 0 aliphatic carbocycles. The molecule has 148 valence electrons. The largest absolute Gasteiger partial charge is 0.369 e. The van der Waals surface area contributed by atoms with Gasteiger partial charge in [0.1, 0.15) is 5.82 Å². The molecule has 28 heavy (non-hydrogen) atoms. The highest BCUT2D eigenvalue weighted by molar-refractivity contribution is 6.04. The SMILES string of the molecule is CC(=O)Nc1ccc(F)cc1C(=O)CCCN1CCN(c2ccccc2)CC1. The van der Waals surface area contributed by atoms with Gasteiger partial charge < -0.3 is 10.2 Å². The standard InChI is InChI=1S/C22H26FN3O2/c1-17(27)24-21-10-9-18(23)16-20(21)22(28)8-5-11-25-12-14-26(15-13-25)19-6-3-2-4-7-19/h2-4,6-7,9-10,16H,5,8,11-15H2,1H3,(H,24,27). The number of halogens is 1. The second-order valence-corrected chi connectivity index (χ2v) is 7.06. The van der Waals surface area contributed by atoms with Crippen LogP contribution in [0, 0.1) is 5.82 Å². The summed E-state index contributed by atoms with van der Waals surface area (Å²) in [7, 11) is 0. The fourth-order valence-corrected chi connectivity index (χ4v) is 3.51. The number of ketones is 1. The predicted octanol–water partition coefficient (Wildman–Crippen LogP) is 3.57. The van der Waals surface area contributed by atoms with Gasteiger partial charge in [0.2, 0.25) is 5.91 Å². The Balaban J connectivity index is 1.47. The van der Waals surface area contributed by atoms with Gasteiger partial charge in [-0.2, -0.15) is 0 Å². The van der Waals surface area contributed by atoms with Gasteiger partial charge in [-0.05, 0) is 43.3 Å². The van der Waals surface area contributed by atoms with Gasteiger partial charge in [-0.1, -0.05) is 18.2 Å². The number of Topliss-reactive ketones (excluding diaryl/α,β-unsaturated/α-hetero) is 1. The number of amides is 1. The van der Waals surface area contributed by atoms with Crippen LogP contribution in [0.4, 0.5) is 15.8 Å². The molecule has 0 aromatic heterocycles. The van der Waals surface area contributed by atoms with E-state index in [1.165, 1.54) is 30.8 Å². The Hall–Kier alpha value is -2.73. The number of hydrogen-bond acceptors (Lipinski definition) is 4. The van der Waals surface area contributed by atoms with E-state index in [0.717, 1.165) is 32.7 Å². The van der Waals surface area contributed by atoms with E-state index in [1.54, 1.807) is 0 Å². The molecule has 1 N–H and O–H groups in total. The summed E-state index contributed by atoms with van der Waals surface area (Å²) in [4.78, 5) is 28.6. The number of anilines is 2. The minimum atomic E-state index is -0.477. The van der Waals surface area contributed by atoms with E-state index in [4.69, 9.17) is 0 Å². The number of carbonyl (C=O) groups excluding carboxylic acids is 2. The Morgan fingerprint density at radius 2 is 1.75 bits per heavy atom. The van der Waals surface area contributed by atoms with E-state index in [2.05, 4.69) is 39.4 Å². The highest BCUT2D eigenvalue weighted by atomic mass is 19.1. The molecule has 0 radical (unpaired) electrons. The quantitative estimate of drug-likeness (QED) is 0.743. The minimum Gasteiger partial charge on any atom is -0.369 e. The van der Waals surface area contributed by atoms with Crippen molar-refractivity contribution in [3.8, 4) is 0 Å². The zero-order valence-corrected chi connectivity index (χ0v) is 16.2. The van der Waals surface area contributed by atoms with Crippen molar-refractivity contribution in [3.05, 3.63) is 59.9 Å². The fraction of sp³-hybridized carbons (Fsp3) is 0.364. The van der Waals surface area contributed by atoms with E-state index in [-0.39, 0.29) is 17.3 Å². The average molecular weight is 383 g/mol. The number of piperazine rings is 1. The summed E-state index contributed by atoms with van der Waals surface area (Å²) in [6.07, 6.45) is 1.04. The summed E-state index contributed by atoms with van der Waals surface area (Å²) in [5.41, 5.74) is 1.86. The van der Waals surface area contributed by atoms with Crippen molar-refractivity contribution < 1.29 is 14.0 Å². The minimum absolute atomic E-state index is 0.147. The first-order valence-corrected chi connectivity index (χ1v) is 9.65. The molecule has 2 aromatic carbocycles. The Morgan fingerprint density at radius 3 is 2.43 bits per heavy atom. The number of benzene rings is 2. The molecule has 5 nitrogen and oxygen atoms in total. The molecule has 3 rings (SSSR count). The zero-order valence-electron chi connectivity index (χ0n) is 16.2. The topological polar surface area (TPSA) is 52.7 Å². The van der Waals surface area contributed by atoms with Gasteiger partial charge in [0.25, 0.3) is 0 Å². The normalized spacial score (nSPS) is 14.7. The lowest BCUT2D eigenvalue weighted by atomic mass is 10.0. The summed E-state index contributed by atoms with van der Waals surface area (Å²) >= 11 is 0. The second kappa shape index (κ2) is 9.46. The van der Waals surface area contributed by atoms with Gasteiger partial charge >= 0.3 is 0 Å². The number of nitrogens with zero attached hydrogens (tertiary/aromatic N) is 2. The maximum absolute atomic E-state index is 13.6. The van der Waals surface area contributed by atoms with Crippen LogP contribution in [-0.4, -0.2) is 49.3 Å². The van der Waals surface area contributed by atoms with E-state index in [0.29, 0.717) is 18.5 Å². The number of hydrogen-bond donors (Lipinski definition) is 1. The lowest BCUT2D eigenvalue weighted by Gasteiger charge is -2.36. The van der Waals surface area contributed by atoms with Crippen LogP contribution in [0.3, 0.4) is 0 Å². The monoisotopic (exact) mass is 383 g/mol. The molecule has 1 fully saturated rings. The fourth-order valence-electron chi connectivity index (χ4n) is 3.51. The van der Waals surface area contributed by atoms with Crippen molar-refractivity contribution in [2.24, 2.45) is 0 Å². The summed E-state index contributed by atoms with van der Waals surface area (Å²) in [6, 6.07) is 14.3. The maximum Gasteiger partial charge on any atom is 0.221 e. The lowest BCUT2D eigenvalue weighted by Crippen LogP contribution is -2.46. The Morgan fingerprint density at radius 1 is 1.04 bits per heavy atom. The smallest absolute Gasteiger partial charge is 0.221 e. The van der Waals surface area contributed by atoms with E-state index in [1.807, 2.05) is 6.07 Å². The first kappa shape index (κ1) is 20.0. The van der Waals surface area contributed by atoms with Crippen LogP contribution in [-0.2, 0) is 4.79 Å². The molecular weight excluding hydrogens is 357 g/mol. The molecule has 2 aromatic rings. The van der Waals surface area contributed by atoms with Gasteiger partial charge in [0.15, 0.2) is 5.78 Å². The molecule has 6 heteroatoms. The van der Waals surface area contributed by atoms with Crippen molar-refractivity contribution in [2.45, 2.75) is 19.8 Å². The summed E-state index contributed by atoms with van der Waals surface area (Å²) < 4.78 is 13.6. The molecule has 0 unspecified atom stereocenters. The Bertz CT molecular complexity index is 818. The number of rotatable bonds is 7. The van der Waals surface area contributed by atoms with Crippen molar-refractivity contribution in [2.75, 3.05) is 42.9 Å². The van der Waals surface area contributed by atoms with E-state index in [9.17, 15) is 14.0 Å². The zero-order chi connectivity index (χ0) is 19.9.